The molecule has 1 nitrogen and oxygen atoms in total. The van der Waals surface area contributed by atoms with E-state index in [1.807, 2.05) is 0 Å². The number of rotatable bonds is 0. The van der Waals surface area contributed by atoms with Gasteiger partial charge in [-0.15, -0.1) is 0 Å². The van der Waals surface area contributed by atoms with E-state index in [-0.39, 0.29) is 0 Å². The van der Waals surface area contributed by atoms with Gasteiger partial charge in [-0.25, -0.2) is 0 Å². The average Bonchev–Trinajstić information content (AvgIpc) is 2.36. The van der Waals surface area contributed by atoms with Crippen molar-refractivity contribution in [2.75, 3.05) is 11.9 Å². The van der Waals surface area contributed by atoms with E-state index < -0.39 is 0 Å². The molecule has 2 rings (SSSR count). The maximum Gasteiger partial charge on any atom is 0.0443 e. The van der Waals surface area contributed by atoms with Crippen LogP contribution in [0, 0.1) is 6.92 Å². The summed E-state index contributed by atoms with van der Waals surface area (Å²) in [5, 5.41) is 0. The molecule has 1 aromatic rings. The minimum atomic E-state index is 0.977. The van der Waals surface area contributed by atoms with Crippen molar-refractivity contribution in [2.45, 2.75) is 20.3 Å². The van der Waals surface area contributed by atoms with Crippen LogP contribution >= 0.6 is 0 Å². The maximum atomic E-state index is 4.11. The molecule has 0 unspecified atom stereocenters. The van der Waals surface area contributed by atoms with Crippen LogP contribution in [0.5, 0.6) is 0 Å². The highest BCUT2D eigenvalue weighted by Gasteiger charge is 2.09. The van der Waals surface area contributed by atoms with Gasteiger partial charge in [-0.05, 0) is 38.0 Å². The fraction of sp³-hybridized carbons (Fsp3) is 0.250. The van der Waals surface area contributed by atoms with E-state index in [4.69, 9.17) is 0 Å². The van der Waals surface area contributed by atoms with Gasteiger partial charge in [0.2, 0.25) is 0 Å². The molecular formula is C16H19N. The second-order valence-electron chi connectivity index (χ2n) is 4.67. The van der Waals surface area contributed by atoms with Crippen molar-refractivity contribution in [1.29, 1.82) is 0 Å². The number of anilines is 1. The molecule has 0 radical (unpaired) electrons. The van der Waals surface area contributed by atoms with Gasteiger partial charge < -0.3 is 4.90 Å². The van der Waals surface area contributed by atoms with Gasteiger partial charge in [-0.3, -0.25) is 0 Å². The first-order valence-corrected chi connectivity index (χ1v) is 5.95. The molecule has 17 heavy (non-hydrogen) atoms. The summed E-state index contributed by atoms with van der Waals surface area (Å²) in [5.74, 6) is 0. The molecule has 0 aliphatic carbocycles. The molecule has 88 valence electrons. The number of aryl methyl sites for hydroxylation is 1. The van der Waals surface area contributed by atoms with E-state index in [9.17, 15) is 0 Å². The molecule has 1 aromatic carbocycles. The van der Waals surface area contributed by atoms with Crippen LogP contribution in [0.3, 0.4) is 0 Å². The molecule has 0 fully saturated rings. The number of hydrogen-bond donors (Lipinski definition) is 0. The van der Waals surface area contributed by atoms with Gasteiger partial charge in [0.1, 0.15) is 0 Å². The zero-order valence-corrected chi connectivity index (χ0v) is 10.8. The van der Waals surface area contributed by atoms with Crippen LogP contribution in [0.15, 0.2) is 54.3 Å². The summed E-state index contributed by atoms with van der Waals surface area (Å²) >= 11 is 0. The molecule has 1 heteroatoms. The monoisotopic (exact) mass is 225 g/mol. The lowest BCUT2D eigenvalue weighted by molar-refractivity contribution is 1.10. The van der Waals surface area contributed by atoms with E-state index in [1.54, 1.807) is 0 Å². The molecule has 0 spiro atoms. The Hall–Kier alpha value is -1.76. The molecule has 0 N–H and O–H groups in total. The first-order chi connectivity index (χ1) is 8.08. The fourth-order valence-electron chi connectivity index (χ4n) is 2.04. The molecule has 0 atom stereocenters. The lowest BCUT2D eigenvalue weighted by Gasteiger charge is -2.22. The predicted molar refractivity (Wildman–Crippen MR) is 75.3 cm³/mol. The van der Waals surface area contributed by atoms with Gasteiger partial charge in [0.15, 0.2) is 0 Å². The SMILES string of the molecule is C=C1/C=C\C(C)=C/Cc2cc(C)ccc2N1C. The van der Waals surface area contributed by atoms with Crippen LogP contribution in [-0.4, -0.2) is 7.05 Å². The second kappa shape index (κ2) is 4.62. The zero-order chi connectivity index (χ0) is 12.4. The Morgan fingerprint density at radius 3 is 2.71 bits per heavy atom. The van der Waals surface area contributed by atoms with E-state index in [0.29, 0.717) is 0 Å². The summed E-state index contributed by atoms with van der Waals surface area (Å²) in [7, 11) is 2.07. The fourth-order valence-corrected chi connectivity index (χ4v) is 2.04. The average molecular weight is 225 g/mol. The zero-order valence-electron chi connectivity index (χ0n) is 10.8. The van der Waals surface area contributed by atoms with Crippen LogP contribution in [0.1, 0.15) is 18.1 Å². The summed E-state index contributed by atoms with van der Waals surface area (Å²) in [4.78, 5) is 2.15. The molecule has 1 heterocycles. The Labute approximate surface area is 104 Å². The number of fused-ring (bicyclic) bond motifs is 1. The van der Waals surface area contributed by atoms with Crippen molar-refractivity contribution in [3.05, 3.63) is 65.4 Å². The van der Waals surface area contributed by atoms with Gasteiger partial charge in [0, 0.05) is 18.4 Å². The van der Waals surface area contributed by atoms with E-state index in [2.05, 4.69) is 68.8 Å². The van der Waals surface area contributed by atoms with E-state index >= 15 is 0 Å². The summed E-state index contributed by atoms with van der Waals surface area (Å²) in [6, 6.07) is 6.59. The van der Waals surface area contributed by atoms with Crippen LogP contribution in [-0.2, 0) is 6.42 Å². The van der Waals surface area contributed by atoms with Gasteiger partial charge in [-0.2, -0.15) is 0 Å². The van der Waals surface area contributed by atoms with Crippen molar-refractivity contribution in [1.82, 2.24) is 0 Å². The minimum Gasteiger partial charge on any atom is -0.345 e. The van der Waals surface area contributed by atoms with Crippen molar-refractivity contribution in [2.24, 2.45) is 0 Å². The van der Waals surface area contributed by atoms with Crippen molar-refractivity contribution in [3.63, 3.8) is 0 Å². The Balaban J connectivity index is 2.54. The van der Waals surface area contributed by atoms with E-state index in [1.165, 1.54) is 22.4 Å². The van der Waals surface area contributed by atoms with Crippen molar-refractivity contribution >= 4 is 5.69 Å². The lowest BCUT2D eigenvalue weighted by atomic mass is 10.0. The minimum absolute atomic E-state index is 0.977. The summed E-state index contributed by atoms with van der Waals surface area (Å²) in [6.45, 7) is 8.37. The molecule has 1 aliphatic rings. The Bertz CT molecular complexity index is 506. The molecular weight excluding hydrogens is 206 g/mol. The second-order valence-corrected chi connectivity index (χ2v) is 4.67. The van der Waals surface area contributed by atoms with Gasteiger partial charge in [0.25, 0.3) is 0 Å². The number of likely N-dealkylation sites (N-methyl/N-ethyl adjacent to an activating group) is 1. The molecule has 0 bridgehead atoms. The van der Waals surface area contributed by atoms with Crippen LogP contribution < -0.4 is 4.90 Å². The Morgan fingerprint density at radius 1 is 1.18 bits per heavy atom. The number of allylic oxidation sites excluding steroid dienone is 4. The van der Waals surface area contributed by atoms with Crippen LogP contribution in [0.2, 0.25) is 0 Å². The standard InChI is InChI=1S/C16H19N/c1-12-5-8-14(3)17(4)16-10-7-13(2)11-15(16)9-6-12/h5-8,10-11H,3,9H2,1-2,4H3/b8-5-,12-6-. The first-order valence-electron chi connectivity index (χ1n) is 5.95. The topological polar surface area (TPSA) is 3.24 Å². The molecule has 0 aromatic heterocycles. The molecule has 1 aliphatic heterocycles. The lowest BCUT2D eigenvalue weighted by Crippen LogP contribution is -2.15. The predicted octanol–water partition coefficient (Wildman–Crippen LogP) is 4.00. The van der Waals surface area contributed by atoms with Gasteiger partial charge in [0.05, 0.1) is 0 Å². The summed E-state index contributed by atoms with van der Waals surface area (Å²) in [6.07, 6.45) is 7.43. The number of benzene rings is 1. The van der Waals surface area contributed by atoms with Gasteiger partial charge in [-0.1, -0.05) is 42.0 Å². The van der Waals surface area contributed by atoms with Crippen molar-refractivity contribution in [3.8, 4) is 0 Å². The van der Waals surface area contributed by atoms with E-state index in [0.717, 1.165) is 12.1 Å². The highest BCUT2D eigenvalue weighted by molar-refractivity contribution is 5.61. The van der Waals surface area contributed by atoms with Crippen molar-refractivity contribution < 1.29 is 0 Å². The normalized spacial score (nSPS) is 20.8. The van der Waals surface area contributed by atoms with Crippen LogP contribution in [0.4, 0.5) is 5.69 Å². The Kier molecular flexibility index (Phi) is 3.19. The third-order valence-corrected chi connectivity index (χ3v) is 3.21. The van der Waals surface area contributed by atoms with Crippen LogP contribution in [0.25, 0.3) is 0 Å². The quantitative estimate of drug-likeness (QED) is 0.645. The maximum absolute atomic E-state index is 4.11. The number of hydrogen-bond acceptors (Lipinski definition) is 1. The largest absolute Gasteiger partial charge is 0.345 e. The smallest absolute Gasteiger partial charge is 0.0443 e. The van der Waals surface area contributed by atoms with Gasteiger partial charge >= 0.3 is 0 Å². The first kappa shape index (κ1) is 11.7. The molecule has 0 amide bonds. The summed E-state index contributed by atoms with van der Waals surface area (Å²) in [5.41, 5.74) is 6.22. The highest BCUT2D eigenvalue weighted by Crippen LogP contribution is 2.26. The molecule has 0 saturated carbocycles. The Morgan fingerprint density at radius 2 is 1.94 bits per heavy atom. The highest BCUT2D eigenvalue weighted by atomic mass is 15.1. The molecule has 0 saturated heterocycles. The number of nitrogens with zero attached hydrogens (tertiary/aromatic N) is 1. The third-order valence-electron chi connectivity index (χ3n) is 3.21. The third kappa shape index (κ3) is 2.50. The summed E-state index contributed by atoms with van der Waals surface area (Å²) < 4.78 is 0.